The number of alkyl halides is 3. The standard InChI is InChI=1S/C21H14Cl2F3N3O/c22-15-9-8-13(18(23)11-15)12-27-29-20(30)17-6-1-2-7-19(17)28-16-5-3-4-14(10-16)21(24,25)26/h1-12,28H,(H,29,30)/b27-12+. The summed E-state index contributed by atoms with van der Waals surface area (Å²) in [4.78, 5) is 12.5. The summed E-state index contributed by atoms with van der Waals surface area (Å²) in [5.74, 6) is -0.550. The third-order valence-corrected chi connectivity index (χ3v) is 4.54. The number of anilines is 2. The summed E-state index contributed by atoms with van der Waals surface area (Å²) in [5, 5.41) is 7.55. The van der Waals surface area contributed by atoms with E-state index in [0.29, 0.717) is 21.3 Å². The first-order valence-corrected chi connectivity index (χ1v) is 9.31. The normalized spacial score (nSPS) is 11.5. The third-order valence-electron chi connectivity index (χ3n) is 3.97. The first-order valence-electron chi connectivity index (χ1n) is 8.56. The van der Waals surface area contributed by atoms with Gasteiger partial charge >= 0.3 is 6.18 Å². The van der Waals surface area contributed by atoms with Gasteiger partial charge in [0.25, 0.3) is 5.91 Å². The highest BCUT2D eigenvalue weighted by molar-refractivity contribution is 6.36. The van der Waals surface area contributed by atoms with Crippen LogP contribution >= 0.6 is 23.2 Å². The molecule has 0 saturated heterocycles. The van der Waals surface area contributed by atoms with Crippen molar-refractivity contribution in [3.05, 3.63) is 93.5 Å². The molecule has 0 atom stereocenters. The van der Waals surface area contributed by atoms with E-state index in [0.717, 1.165) is 12.1 Å². The lowest BCUT2D eigenvalue weighted by Crippen LogP contribution is -2.19. The molecule has 0 aliphatic carbocycles. The minimum Gasteiger partial charge on any atom is -0.355 e. The Bertz CT molecular complexity index is 1100. The molecule has 154 valence electrons. The van der Waals surface area contributed by atoms with E-state index in [-0.39, 0.29) is 11.3 Å². The molecule has 1 amide bonds. The molecule has 0 fully saturated rings. The van der Waals surface area contributed by atoms with E-state index in [4.69, 9.17) is 23.2 Å². The van der Waals surface area contributed by atoms with E-state index >= 15 is 0 Å². The number of halogens is 5. The number of nitrogens with zero attached hydrogens (tertiary/aromatic N) is 1. The lowest BCUT2D eigenvalue weighted by atomic mass is 10.1. The SMILES string of the molecule is O=C(N/N=C/c1ccc(Cl)cc1Cl)c1ccccc1Nc1cccc(C(F)(F)F)c1. The van der Waals surface area contributed by atoms with Gasteiger partial charge in [0.05, 0.1) is 28.1 Å². The summed E-state index contributed by atoms with van der Waals surface area (Å²) >= 11 is 11.9. The molecule has 0 aromatic heterocycles. The molecule has 3 aromatic rings. The van der Waals surface area contributed by atoms with Crippen LogP contribution in [0.15, 0.2) is 71.8 Å². The molecular formula is C21H14Cl2F3N3O. The Balaban J connectivity index is 1.76. The summed E-state index contributed by atoms with van der Waals surface area (Å²) in [5.41, 5.74) is 2.86. The van der Waals surface area contributed by atoms with Crippen LogP contribution in [0.2, 0.25) is 10.0 Å². The Morgan fingerprint density at radius 3 is 2.47 bits per heavy atom. The topological polar surface area (TPSA) is 53.5 Å². The van der Waals surface area contributed by atoms with Gasteiger partial charge < -0.3 is 5.32 Å². The Labute approximate surface area is 180 Å². The van der Waals surface area contributed by atoms with Gasteiger partial charge in [-0.15, -0.1) is 0 Å². The molecule has 9 heteroatoms. The van der Waals surface area contributed by atoms with E-state index in [2.05, 4.69) is 15.8 Å². The number of rotatable bonds is 5. The second-order valence-corrected chi connectivity index (χ2v) is 6.96. The van der Waals surface area contributed by atoms with Gasteiger partial charge in [-0.05, 0) is 42.5 Å². The summed E-state index contributed by atoms with van der Waals surface area (Å²) in [6.07, 6.45) is -3.11. The van der Waals surface area contributed by atoms with E-state index in [1.807, 2.05) is 0 Å². The summed E-state index contributed by atoms with van der Waals surface area (Å²) in [7, 11) is 0. The molecular weight excluding hydrogens is 438 g/mol. The monoisotopic (exact) mass is 451 g/mol. The second kappa shape index (κ2) is 9.19. The van der Waals surface area contributed by atoms with Crippen molar-refractivity contribution in [2.75, 3.05) is 5.32 Å². The number of carbonyl (C=O) groups is 1. The minimum atomic E-state index is -4.47. The lowest BCUT2D eigenvalue weighted by molar-refractivity contribution is -0.137. The number of amides is 1. The number of para-hydroxylation sites is 1. The molecule has 3 aromatic carbocycles. The van der Waals surface area contributed by atoms with Crippen molar-refractivity contribution in [2.24, 2.45) is 5.10 Å². The number of carbonyl (C=O) groups excluding carboxylic acids is 1. The number of benzene rings is 3. The Morgan fingerprint density at radius 1 is 0.967 bits per heavy atom. The molecule has 0 aliphatic heterocycles. The van der Waals surface area contributed by atoms with Crippen LogP contribution in [0, 0.1) is 0 Å². The van der Waals surface area contributed by atoms with Crippen LogP contribution in [-0.2, 0) is 6.18 Å². The van der Waals surface area contributed by atoms with Gasteiger partial charge in [-0.2, -0.15) is 18.3 Å². The van der Waals surface area contributed by atoms with Crippen LogP contribution in [-0.4, -0.2) is 12.1 Å². The van der Waals surface area contributed by atoms with Crippen LogP contribution in [0.5, 0.6) is 0 Å². The number of hydrogen-bond donors (Lipinski definition) is 2. The highest BCUT2D eigenvalue weighted by Crippen LogP contribution is 2.31. The lowest BCUT2D eigenvalue weighted by Gasteiger charge is -2.13. The van der Waals surface area contributed by atoms with E-state index in [1.54, 1.807) is 36.4 Å². The van der Waals surface area contributed by atoms with Crippen molar-refractivity contribution in [2.45, 2.75) is 6.18 Å². The molecule has 0 aliphatic rings. The van der Waals surface area contributed by atoms with E-state index < -0.39 is 17.6 Å². The van der Waals surface area contributed by atoms with Crippen molar-refractivity contribution >= 4 is 46.7 Å². The van der Waals surface area contributed by atoms with Crippen molar-refractivity contribution in [3.63, 3.8) is 0 Å². The second-order valence-electron chi connectivity index (χ2n) is 6.11. The summed E-state index contributed by atoms with van der Waals surface area (Å²) < 4.78 is 38.8. The predicted octanol–water partition coefficient (Wildman–Crippen LogP) is 6.52. The van der Waals surface area contributed by atoms with Gasteiger partial charge in [-0.1, -0.05) is 47.5 Å². The van der Waals surface area contributed by atoms with Crippen LogP contribution in [0.25, 0.3) is 0 Å². The number of nitrogens with one attached hydrogen (secondary N) is 2. The van der Waals surface area contributed by atoms with Gasteiger partial charge in [-0.3, -0.25) is 4.79 Å². The summed E-state index contributed by atoms with van der Waals surface area (Å²) in [6, 6.07) is 15.9. The first-order chi connectivity index (χ1) is 14.2. The van der Waals surface area contributed by atoms with Crippen LogP contribution in [0.1, 0.15) is 21.5 Å². The van der Waals surface area contributed by atoms with Crippen LogP contribution in [0.3, 0.4) is 0 Å². The molecule has 0 heterocycles. The van der Waals surface area contributed by atoms with Gasteiger partial charge in [-0.25, -0.2) is 5.43 Å². The molecule has 0 bridgehead atoms. The average Bonchev–Trinajstić information content (AvgIpc) is 2.69. The Morgan fingerprint density at radius 2 is 1.73 bits per heavy atom. The zero-order chi connectivity index (χ0) is 21.7. The average molecular weight is 452 g/mol. The smallest absolute Gasteiger partial charge is 0.355 e. The third kappa shape index (κ3) is 5.52. The Kier molecular flexibility index (Phi) is 6.64. The minimum absolute atomic E-state index is 0.196. The van der Waals surface area contributed by atoms with Gasteiger partial charge in [0, 0.05) is 16.3 Å². The maximum absolute atomic E-state index is 12.9. The van der Waals surface area contributed by atoms with E-state index in [1.165, 1.54) is 24.4 Å². The zero-order valence-electron chi connectivity index (χ0n) is 15.2. The highest BCUT2D eigenvalue weighted by Gasteiger charge is 2.30. The summed E-state index contributed by atoms with van der Waals surface area (Å²) in [6.45, 7) is 0. The Hall–Kier alpha value is -3.03. The fourth-order valence-corrected chi connectivity index (χ4v) is 3.00. The predicted molar refractivity (Wildman–Crippen MR) is 113 cm³/mol. The molecule has 0 spiro atoms. The van der Waals surface area contributed by atoms with Gasteiger partial charge in [0.1, 0.15) is 0 Å². The van der Waals surface area contributed by atoms with Crippen LogP contribution in [0.4, 0.5) is 24.5 Å². The largest absolute Gasteiger partial charge is 0.416 e. The quantitative estimate of drug-likeness (QED) is 0.342. The van der Waals surface area contributed by atoms with Gasteiger partial charge in [0.15, 0.2) is 0 Å². The molecule has 30 heavy (non-hydrogen) atoms. The molecule has 0 saturated carbocycles. The first kappa shape index (κ1) is 21.7. The zero-order valence-corrected chi connectivity index (χ0v) is 16.7. The highest BCUT2D eigenvalue weighted by atomic mass is 35.5. The van der Waals surface area contributed by atoms with E-state index in [9.17, 15) is 18.0 Å². The molecule has 0 radical (unpaired) electrons. The van der Waals surface area contributed by atoms with Crippen molar-refractivity contribution < 1.29 is 18.0 Å². The van der Waals surface area contributed by atoms with Crippen molar-refractivity contribution in [1.82, 2.24) is 5.43 Å². The molecule has 0 unspecified atom stereocenters. The maximum atomic E-state index is 12.9. The number of hydrogen-bond acceptors (Lipinski definition) is 3. The molecule has 3 rings (SSSR count). The fraction of sp³-hybridized carbons (Fsp3) is 0.0476. The molecule has 4 nitrogen and oxygen atoms in total. The van der Waals surface area contributed by atoms with Crippen molar-refractivity contribution in [1.29, 1.82) is 0 Å². The fourth-order valence-electron chi connectivity index (χ4n) is 2.55. The maximum Gasteiger partial charge on any atom is 0.416 e. The van der Waals surface area contributed by atoms with Gasteiger partial charge in [0.2, 0.25) is 0 Å². The number of hydrazone groups is 1. The van der Waals surface area contributed by atoms with Crippen molar-refractivity contribution in [3.8, 4) is 0 Å². The van der Waals surface area contributed by atoms with Crippen LogP contribution < -0.4 is 10.7 Å². The molecule has 2 N–H and O–H groups in total.